The first kappa shape index (κ1) is 14.6. The number of aromatic nitrogens is 3. The third-order valence-corrected chi connectivity index (χ3v) is 3.67. The second-order valence-electron chi connectivity index (χ2n) is 3.79. The Morgan fingerprint density at radius 2 is 2.10 bits per heavy atom. The van der Waals surface area contributed by atoms with Crippen LogP contribution in [0.1, 0.15) is 12.1 Å². The van der Waals surface area contributed by atoms with E-state index in [4.69, 9.17) is 16.9 Å². The van der Waals surface area contributed by atoms with Crippen molar-refractivity contribution in [1.29, 1.82) is 5.26 Å². The van der Waals surface area contributed by atoms with E-state index in [1.807, 2.05) is 12.1 Å². The highest BCUT2D eigenvalue weighted by molar-refractivity contribution is 7.99. The summed E-state index contributed by atoms with van der Waals surface area (Å²) in [6.07, 6.45) is 4.34. The summed E-state index contributed by atoms with van der Waals surface area (Å²) in [7, 11) is 0. The number of hydrogen-bond donors (Lipinski definition) is 1. The lowest BCUT2D eigenvalue weighted by Crippen LogP contribution is -2.05. The summed E-state index contributed by atoms with van der Waals surface area (Å²) in [6.45, 7) is 0.787. The van der Waals surface area contributed by atoms with Crippen LogP contribution in [-0.4, -0.2) is 27.2 Å². The van der Waals surface area contributed by atoms with Crippen LogP contribution in [0, 0.1) is 11.3 Å². The molecule has 5 nitrogen and oxygen atoms in total. The minimum atomic E-state index is 0.271. The Morgan fingerprint density at radius 3 is 2.85 bits per heavy atom. The highest BCUT2D eigenvalue weighted by Crippen LogP contribution is 2.20. The predicted octanol–water partition coefficient (Wildman–Crippen LogP) is 2.99. The van der Waals surface area contributed by atoms with Crippen molar-refractivity contribution in [2.45, 2.75) is 11.4 Å². The number of hydrogen-bond acceptors (Lipinski definition) is 6. The van der Waals surface area contributed by atoms with E-state index < -0.39 is 0 Å². The van der Waals surface area contributed by atoms with Gasteiger partial charge in [0, 0.05) is 24.7 Å². The molecule has 0 spiro atoms. The van der Waals surface area contributed by atoms with Crippen LogP contribution in [0.2, 0.25) is 5.02 Å². The molecule has 2 heterocycles. The smallest absolute Gasteiger partial charge is 0.222 e. The van der Waals surface area contributed by atoms with E-state index in [9.17, 15) is 0 Å². The molecule has 7 heteroatoms. The summed E-state index contributed by atoms with van der Waals surface area (Å²) in [6, 6.07) is 7.27. The molecule has 0 atom stereocenters. The number of nitrogens with one attached hydrogen (secondary N) is 1. The van der Waals surface area contributed by atoms with Crippen molar-refractivity contribution in [3.05, 3.63) is 41.3 Å². The lowest BCUT2D eigenvalue weighted by atomic mass is 10.4. The molecule has 1 N–H and O–H groups in total. The molecule has 0 saturated carbocycles. The molecule has 102 valence electrons. The maximum Gasteiger partial charge on any atom is 0.222 e. The van der Waals surface area contributed by atoms with Crippen molar-refractivity contribution in [2.75, 3.05) is 17.6 Å². The average Bonchev–Trinajstić information content (AvgIpc) is 2.49. The molecule has 0 bridgehead atoms. The molecule has 0 aromatic carbocycles. The minimum absolute atomic E-state index is 0.271. The number of anilines is 1. The van der Waals surface area contributed by atoms with Gasteiger partial charge in [-0.3, -0.25) is 0 Å². The lowest BCUT2D eigenvalue weighted by molar-refractivity contribution is 0.958. The van der Waals surface area contributed by atoms with Gasteiger partial charge >= 0.3 is 0 Å². The van der Waals surface area contributed by atoms with E-state index in [2.05, 4.69) is 20.3 Å². The van der Waals surface area contributed by atoms with Gasteiger partial charge in [-0.05, 0) is 24.6 Å². The Hall–Kier alpha value is -1.84. The quantitative estimate of drug-likeness (QED) is 0.653. The summed E-state index contributed by atoms with van der Waals surface area (Å²) in [4.78, 5) is 12.3. The third kappa shape index (κ3) is 4.37. The fourth-order valence-corrected chi connectivity index (χ4v) is 2.39. The van der Waals surface area contributed by atoms with E-state index in [1.165, 1.54) is 0 Å². The molecule has 0 radical (unpaired) electrons. The second-order valence-corrected chi connectivity index (χ2v) is 5.32. The molecule has 0 fully saturated rings. The number of halogens is 1. The van der Waals surface area contributed by atoms with Crippen LogP contribution in [0.25, 0.3) is 0 Å². The van der Waals surface area contributed by atoms with Crippen molar-refractivity contribution < 1.29 is 0 Å². The molecule has 2 aromatic heterocycles. The van der Waals surface area contributed by atoms with Gasteiger partial charge < -0.3 is 5.32 Å². The number of nitriles is 1. The van der Waals surface area contributed by atoms with E-state index in [1.54, 1.807) is 36.3 Å². The largest absolute Gasteiger partial charge is 0.354 e. The lowest BCUT2D eigenvalue weighted by Gasteiger charge is -2.04. The fourth-order valence-electron chi connectivity index (χ4n) is 1.42. The second kappa shape index (κ2) is 7.68. The van der Waals surface area contributed by atoms with Gasteiger partial charge in [0.05, 0.1) is 10.0 Å². The molecule has 0 saturated heterocycles. The molecule has 0 aliphatic heterocycles. The first-order valence-corrected chi connectivity index (χ1v) is 7.36. The van der Waals surface area contributed by atoms with Gasteiger partial charge in [0.25, 0.3) is 0 Å². The van der Waals surface area contributed by atoms with Crippen molar-refractivity contribution >= 4 is 29.3 Å². The Bertz CT molecular complexity index is 599. The monoisotopic (exact) mass is 305 g/mol. The molecular weight excluding hydrogens is 294 g/mol. The van der Waals surface area contributed by atoms with Gasteiger partial charge in [-0.15, -0.1) is 11.8 Å². The van der Waals surface area contributed by atoms with Gasteiger partial charge in [-0.25, -0.2) is 15.0 Å². The summed E-state index contributed by atoms with van der Waals surface area (Å²) in [5.41, 5.74) is 0.271. The van der Waals surface area contributed by atoms with E-state index in [0.29, 0.717) is 11.0 Å². The summed E-state index contributed by atoms with van der Waals surface area (Å²) >= 11 is 7.42. The first-order valence-electron chi connectivity index (χ1n) is 6.00. The summed E-state index contributed by atoms with van der Waals surface area (Å²) in [5.74, 6) is 1.52. The molecule has 2 aromatic rings. The van der Waals surface area contributed by atoms with E-state index >= 15 is 0 Å². The van der Waals surface area contributed by atoms with Crippen molar-refractivity contribution in [3.63, 3.8) is 0 Å². The molecule has 0 aliphatic carbocycles. The van der Waals surface area contributed by atoms with Crippen LogP contribution in [-0.2, 0) is 0 Å². The maximum absolute atomic E-state index is 8.85. The fraction of sp³-hybridized carbons (Fsp3) is 0.231. The summed E-state index contributed by atoms with van der Waals surface area (Å²) < 4.78 is 0. The van der Waals surface area contributed by atoms with E-state index in [0.717, 1.165) is 23.7 Å². The van der Waals surface area contributed by atoms with Crippen LogP contribution in [0.4, 0.5) is 5.95 Å². The van der Waals surface area contributed by atoms with Crippen molar-refractivity contribution in [3.8, 4) is 6.07 Å². The molecular formula is C13H12ClN5S. The Labute approximate surface area is 126 Å². The van der Waals surface area contributed by atoms with Crippen molar-refractivity contribution in [2.24, 2.45) is 0 Å². The Morgan fingerprint density at radius 1 is 1.30 bits per heavy atom. The van der Waals surface area contributed by atoms with E-state index in [-0.39, 0.29) is 5.69 Å². The molecule has 0 amide bonds. The van der Waals surface area contributed by atoms with Gasteiger partial charge in [0.15, 0.2) is 5.69 Å². The third-order valence-electron chi connectivity index (χ3n) is 2.35. The van der Waals surface area contributed by atoms with Crippen LogP contribution in [0.15, 0.2) is 35.6 Å². The number of nitrogens with zero attached hydrogens (tertiary/aromatic N) is 4. The van der Waals surface area contributed by atoms with Crippen LogP contribution in [0.3, 0.4) is 0 Å². The van der Waals surface area contributed by atoms with Crippen LogP contribution < -0.4 is 5.32 Å². The van der Waals surface area contributed by atoms with Crippen molar-refractivity contribution in [1.82, 2.24) is 15.0 Å². The molecule has 20 heavy (non-hydrogen) atoms. The average molecular weight is 306 g/mol. The minimum Gasteiger partial charge on any atom is -0.354 e. The van der Waals surface area contributed by atoms with Gasteiger partial charge in [-0.1, -0.05) is 11.6 Å². The van der Waals surface area contributed by atoms with Gasteiger partial charge in [0.2, 0.25) is 5.95 Å². The Balaban J connectivity index is 1.72. The highest BCUT2D eigenvalue weighted by atomic mass is 35.5. The normalized spacial score (nSPS) is 10.0. The molecule has 0 unspecified atom stereocenters. The van der Waals surface area contributed by atoms with Gasteiger partial charge in [-0.2, -0.15) is 5.26 Å². The zero-order chi connectivity index (χ0) is 14.2. The zero-order valence-electron chi connectivity index (χ0n) is 10.6. The number of rotatable bonds is 6. The van der Waals surface area contributed by atoms with Crippen LogP contribution >= 0.6 is 23.4 Å². The number of thioether (sulfide) groups is 1. The SMILES string of the molecule is N#Cc1nc(SCCCNc2ncccn2)ccc1Cl. The zero-order valence-corrected chi connectivity index (χ0v) is 12.2. The highest BCUT2D eigenvalue weighted by Gasteiger charge is 2.03. The predicted molar refractivity (Wildman–Crippen MR) is 79.8 cm³/mol. The number of pyridine rings is 1. The topological polar surface area (TPSA) is 74.5 Å². The first-order chi connectivity index (χ1) is 9.79. The summed E-state index contributed by atoms with van der Waals surface area (Å²) in [5, 5.41) is 13.2. The van der Waals surface area contributed by atoms with Gasteiger partial charge in [0.1, 0.15) is 6.07 Å². The standard InChI is InChI=1S/C13H12ClN5S/c14-10-3-4-12(19-11(10)9-15)20-8-2-7-18-13-16-5-1-6-17-13/h1,3-6H,2,7-8H2,(H,16,17,18). The molecule has 2 rings (SSSR count). The van der Waals surface area contributed by atoms with Crippen LogP contribution in [0.5, 0.6) is 0 Å². The maximum atomic E-state index is 8.85. The Kier molecular flexibility index (Phi) is 5.59. The molecule has 0 aliphatic rings.